The smallest absolute Gasteiger partial charge is 0.235 e. The van der Waals surface area contributed by atoms with Crippen LogP contribution in [0.5, 0.6) is 11.5 Å². The minimum absolute atomic E-state index is 0.00508. The van der Waals surface area contributed by atoms with Crippen LogP contribution in [0, 0.1) is 23.7 Å². The van der Waals surface area contributed by atoms with Gasteiger partial charge in [0.15, 0.2) is 34.7 Å². The van der Waals surface area contributed by atoms with Gasteiger partial charge in [-0.2, -0.15) is 0 Å². The summed E-state index contributed by atoms with van der Waals surface area (Å²) in [6.45, 7) is 2.09. The molecule has 6 atom stereocenters. The lowest BCUT2D eigenvalue weighted by molar-refractivity contribution is -0.181. The zero-order valence-corrected chi connectivity index (χ0v) is 18.5. The molecule has 0 saturated heterocycles. The van der Waals surface area contributed by atoms with Gasteiger partial charge in [0.1, 0.15) is 11.5 Å². The van der Waals surface area contributed by atoms with Crippen LogP contribution in [0.25, 0.3) is 0 Å². The average Bonchev–Trinajstić information content (AvgIpc) is 2.72. The topological polar surface area (TPSA) is 164 Å². The van der Waals surface area contributed by atoms with Crippen molar-refractivity contribution in [1.82, 2.24) is 4.90 Å². The number of hydrogen-bond acceptors (Lipinski definition) is 9. The number of carbonyl (C=O) groups is 5. The molecule has 0 spiro atoms. The lowest BCUT2D eigenvalue weighted by atomic mass is 9.52. The highest BCUT2D eigenvalue weighted by molar-refractivity contribution is 6.32. The molecule has 1 amide bonds. The van der Waals surface area contributed by atoms with E-state index >= 15 is 0 Å². The lowest BCUT2D eigenvalue weighted by Crippen LogP contribution is -2.74. The number of hydrogen-bond donors (Lipinski definition) is 3. The average molecular weight is 458 g/mol. The SMILES string of the molecule is CCOc1ccc(O)c2c1CC1CC3C(N(C)C)C(=O)C(C(N)=O)C(=O)C3(O)C(=O)C1C2=O. The molecule has 6 unspecified atom stereocenters. The molecule has 0 bridgehead atoms. The van der Waals surface area contributed by atoms with Crippen LogP contribution in [0.2, 0.25) is 0 Å². The summed E-state index contributed by atoms with van der Waals surface area (Å²) in [6, 6.07) is 1.71. The quantitative estimate of drug-likeness (QED) is 0.493. The van der Waals surface area contributed by atoms with E-state index in [1.54, 1.807) is 27.1 Å². The number of phenols is 1. The number of nitrogens with two attached hydrogens (primary N) is 1. The summed E-state index contributed by atoms with van der Waals surface area (Å²) < 4.78 is 5.61. The second kappa shape index (κ2) is 7.74. The summed E-state index contributed by atoms with van der Waals surface area (Å²) in [5.41, 5.74) is 2.94. The fourth-order valence-electron chi connectivity index (χ4n) is 5.87. The first-order chi connectivity index (χ1) is 15.5. The van der Waals surface area contributed by atoms with Crippen LogP contribution in [0.15, 0.2) is 12.1 Å². The van der Waals surface area contributed by atoms with Crippen LogP contribution in [0.4, 0.5) is 0 Å². The maximum atomic E-state index is 13.6. The van der Waals surface area contributed by atoms with Gasteiger partial charge in [-0.05, 0) is 51.9 Å². The first kappa shape index (κ1) is 23.1. The summed E-state index contributed by atoms with van der Waals surface area (Å²) in [5.74, 6) is -10.2. The van der Waals surface area contributed by atoms with Crippen molar-refractivity contribution in [2.24, 2.45) is 29.4 Å². The van der Waals surface area contributed by atoms with Crippen molar-refractivity contribution < 1.29 is 38.9 Å². The fraction of sp³-hybridized carbons (Fsp3) is 0.522. The van der Waals surface area contributed by atoms with Crippen LogP contribution < -0.4 is 10.5 Å². The zero-order valence-electron chi connectivity index (χ0n) is 18.5. The number of nitrogens with zero attached hydrogens (tertiary/aromatic N) is 1. The highest BCUT2D eigenvalue weighted by atomic mass is 16.5. The van der Waals surface area contributed by atoms with Gasteiger partial charge in [-0.3, -0.25) is 28.9 Å². The summed E-state index contributed by atoms with van der Waals surface area (Å²) in [6.07, 6.45) is 0.181. The van der Waals surface area contributed by atoms with E-state index in [2.05, 4.69) is 0 Å². The Labute approximate surface area is 189 Å². The molecule has 1 aromatic rings. The van der Waals surface area contributed by atoms with Crippen LogP contribution in [0.1, 0.15) is 29.3 Å². The van der Waals surface area contributed by atoms with E-state index in [4.69, 9.17) is 10.5 Å². The van der Waals surface area contributed by atoms with Gasteiger partial charge in [0.2, 0.25) is 5.91 Å². The third-order valence-corrected chi connectivity index (χ3v) is 7.20. The number of rotatable bonds is 4. The van der Waals surface area contributed by atoms with Gasteiger partial charge in [-0.1, -0.05) is 0 Å². The molecule has 2 saturated carbocycles. The maximum absolute atomic E-state index is 13.6. The van der Waals surface area contributed by atoms with Gasteiger partial charge in [0.05, 0.1) is 24.1 Å². The van der Waals surface area contributed by atoms with Crippen LogP contribution in [-0.2, 0) is 25.6 Å². The van der Waals surface area contributed by atoms with Crippen molar-refractivity contribution >= 4 is 29.0 Å². The summed E-state index contributed by atoms with van der Waals surface area (Å²) in [5, 5.41) is 21.9. The number of primary amides is 1. The lowest BCUT2D eigenvalue weighted by Gasteiger charge is -2.52. The molecule has 0 aliphatic heterocycles. The molecule has 3 aliphatic carbocycles. The standard InChI is InChI=1S/C23H26N2O8/c1-4-33-13-6-5-12(26)15-10(13)7-9-8-11-17(25(2)3)19(28)16(22(24)31)21(30)23(11,32)20(29)14(9)18(15)27/h5-6,9,11,14,16-17,26,32H,4,7-8H2,1-3H3,(H2,24,31). The number of aliphatic hydroxyl groups is 1. The van der Waals surface area contributed by atoms with Crippen LogP contribution >= 0.6 is 0 Å². The second-order valence-electron chi connectivity index (χ2n) is 9.16. The Balaban J connectivity index is 1.87. The highest BCUT2D eigenvalue weighted by Gasteiger charge is 2.69. The monoisotopic (exact) mass is 458 g/mol. The second-order valence-corrected chi connectivity index (χ2v) is 9.16. The molecule has 4 rings (SSSR count). The molecule has 2 fully saturated rings. The normalized spacial score (nSPS) is 33.4. The van der Waals surface area contributed by atoms with Crippen LogP contribution in [-0.4, -0.2) is 76.5 Å². The summed E-state index contributed by atoms with van der Waals surface area (Å²) in [4.78, 5) is 66.6. The van der Waals surface area contributed by atoms with E-state index in [9.17, 15) is 34.2 Å². The van der Waals surface area contributed by atoms with E-state index in [0.29, 0.717) is 17.9 Å². The Bertz CT molecular complexity index is 1100. The molecule has 0 aromatic heterocycles. The van der Waals surface area contributed by atoms with Gasteiger partial charge < -0.3 is 20.7 Å². The van der Waals surface area contributed by atoms with E-state index in [1.807, 2.05) is 0 Å². The van der Waals surface area contributed by atoms with E-state index in [0.717, 1.165) is 0 Å². The molecule has 0 radical (unpaired) electrons. The fourth-order valence-corrected chi connectivity index (χ4v) is 5.87. The number of ether oxygens (including phenoxy) is 1. The molecule has 0 heterocycles. The third-order valence-electron chi connectivity index (χ3n) is 7.20. The van der Waals surface area contributed by atoms with Gasteiger partial charge in [-0.15, -0.1) is 0 Å². The van der Waals surface area contributed by atoms with E-state index < -0.39 is 64.4 Å². The third kappa shape index (κ3) is 3.04. The molecule has 3 aliphatic rings. The van der Waals surface area contributed by atoms with Crippen LogP contribution in [0.3, 0.4) is 0 Å². The Kier molecular flexibility index (Phi) is 5.41. The zero-order chi connectivity index (χ0) is 24.4. The maximum Gasteiger partial charge on any atom is 0.235 e. The molecule has 10 heteroatoms. The highest BCUT2D eigenvalue weighted by Crippen LogP contribution is 2.51. The first-order valence-electron chi connectivity index (χ1n) is 10.8. The Morgan fingerprint density at radius 3 is 2.45 bits per heavy atom. The molecular formula is C23H26N2O8. The molecule has 33 heavy (non-hydrogen) atoms. The molecule has 4 N–H and O–H groups in total. The van der Waals surface area contributed by atoms with Gasteiger partial charge in [0.25, 0.3) is 0 Å². The minimum atomic E-state index is -2.72. The summed E-state index contributed by atoms with van der Waals surface area (Å²) >= 11 is 0. The summed E-state index contributed by atoms with van der Waals surface area (Å²) in [7, 11) is 3.08. The van der Waals surface area contributed by atoms with Gasteiger partial charge in [-0.25, -0.2) is 0 Å². The van der Waals surface area contributed by atoms with Gasteiger partial charge in [0, 0.05) is 11.5 Å². The molecular weight excluding hydrogens is 432 g/mol. The predicted molar refractivity (Wildman–Crippen MR) is 113 cm³/mol. The first-order valence-corrected chi connectivity index (χ1v) is 10.8. The van der Waals surface area contributed by atoms with Crippen molar-refractivity contribution in [3.63, 3.8) is 0 Å². The Hall–Kier alpha value is -3.11. The number of fused-ring (bicyclic) bond motifs is 3. The number of likely N-dealkylation sites (N-methyl/N-ethyl adjacent to an activating group) is 1. The Morgan fingerprint density at radius 1 is 1.21 bits per heavy atom. The molecule has 10 nitrogen and oxygen atoms in total. The van der Waals surface area contributed by atoms with Crippen molar-refractivity contribution in [2.75, 3.05) is 20.7 Å². The van der Waals surface area contributed by atoms with Crippen molar-refractivity contribution in [2.45, 2.75) is 31.4 Å². The Morgan fingerprint density at radius 2 is 1.88 bits per heavy atom. The number of benzene rings is 1. The predicted octanol–water partition coefficient (Wildman–Crippen LogP) is -0.734. The number of Topliss-reactive ketones (excluding diaryl/α,β-unsaturated/α-hetero) is 4. The molecule has 176 valence electrons. The minimum Gasteiger partial charge on any atom is -0.507 e. The van der Waals surface area contributed by atoms with Crippen molar-refractivity contribution in [3.05, 3.63) is 23.3 Å². The number of carbonyl (C=O) groups excluding carboxylic acids is 5. The number of aromatic hydroxyl groups is 1. The molecule has 1 aromatic carbocycles. The largest absolute Gasteiger partial charge is 0.507 e. The van der Waals surface area contributed by atoms with Crippen molar-refractivity contribution in [1.29, 1.82) is 0 Å². The van der Waals surface area contributed by atoms with Crippen molar-refractivity contribution in [3.8, 4) is 11.5 Å². The van der Waals surface area contributed by atoms with Gasteiger partial charge >= 0.3 is 0 Å². The number of ketones is 4. The van der Waals surface area contributed by atoms with E-state index in [-0.39, 0.29) is 24.2 Å². The number of phenolic OH excluding ortho intramolecular Hbond substituents is 1. The number of amides is 1. The van der Waals surface area contributed by atoms with E-state index in [1.165, 1.54) is 11.0 Å².